The highest BCUT2D eigenvalue weighted by Gasteiger charge is 2.27. The van der Waals surface area contributed by atoms with Crippen LogP contribution in [0.3, 0.4) is 0 Å². The summed E-state index contributed by atoms with van der Waals surface area (Å²) < 4.78 is 0. The van der Waals surface area contributed by atoms with Gasteiger partial charge in [-0.3, -0.25) is 4.79 Å². The molecular formula is C24H25ClN4O. The molecule has 30 heavy (non-hydrogen) atoms. The molecule has 0 spiro atoms. The SMILES string of the molecule is CN(Cc1ccccc1)C(=O)C1CCN(c2ccc(-c3ccc(Cl)cc3)nn2)CC1. The summed E-state index contributed by atoms with van der Waals surface area (Å²) in [5, 5.41) is 9.49. The number of rotatable bonds is 5. The van der Waals surface area contributed by atoms with Gasteiger partial charge in [-0.2, -0.15) is 0 Å². The van der Waals surface area contributed by atoms with Gasteiger partial charge in [-0.05, 0) is 42.7 Å². The van der Waals surface area contributed by atoms with E-state index >= 15 is 0 Å². The molecule has 3 aromatic rings. The first-order chi connectivity index (χ1) is 14.6. The standard InChI is InChI=1S/C24H25ClN4O/c1-28(17-18-5-3-2-4-6-18)24(30)20-13-15-29(16-14-20)23-12-11-22(26-27-23)19-7-9-21(25)10-8-19/h2-12,20H,13-17H2,1H3. The Morgan fingerprint density at radius 1 is 1.00 bits per heavy atom. The number of carbonyl (C=O) groups excluding carboxylic acids is 1. The van der Waals surface area contributed by atoms with Gasteiger partial charge in [0.2, 0.25) is 5.91 Å². The number of aromatic nitrogens is 2. The first-order valence-electron chi connectivity index (χ1n) is 10.2. The molecule has 0 unspecified atom stereocenters. The van der Waals surface area contributed by atoms with Gasteiger partial charge in [0.15, 0.2) is 5.82 Å². The van der Waals surface area contributed by atoms with Gasteiger partial charge >= 0.3 is 0 Å². The summed E-state index contributed by atoms with van der Waals surface area (Å²) >= 11 is 5.95. The van der Waals surface area contributed by atoms with Gasteiger partial charge in [-0.15, -0.1) is 10.2 Å². The highest BCUT2D eigenvalue weighted by Crippen LogP contribution is 2.25. The van der Waals surface area contributed by atoms with E-state index in [9.17, 15) is 4.79 Å². The predicted molar refractivity (Wildman–Crippen MR) is 120 cm³/mol. The summed E-state index contributed by atoms with van der Waals surface area (Å²) in [6, 6.07) is 21.7. The van der Waals surface area contributed by atoms with Gasteiger partial charge in [0.1, 0.15) is 0 Å². The van der Waals surface area contributed by atoms with Crippen LogP contribution in [0.25, 0.3) is 11.3 Å². The Kier molecular flexibility index (Phi) is 6.29. The predicted octanol–water partition coefficient (Wildman–Crippen LogP) is 4.67. The summed E-state index contributed by atoms with van der Waals surface area (Å²) in [6.45, 7) is 2.27. The van der Waals surface area contributed by atoms with Crippen molar-refractivity contribution in [1.82, 2.24) is 15.1 Å². The maximum Gasteiger partial charge on any atom is 0.225 e. The van der Waals surface area contributed by atoms with Crippen LogP contribution in [0.1, 0.15) is 18.4 Å². The lowest BCUT2D eigenvalue weighted by Gasteiger charge is -2.33. The van der Waals surface area contributed by atoms with E-state index in [1.165, 1.54) is 0 Å². The Morgan fingerprint density at radius 2 is 1.70 bits per heavy atom. The van der Waals surface area contributed by atoms with Crippen LogP contribution in [0.4, 0.5) is 5.82 Å². The van der Waals surface area contributed by atoms with Crippen molar-refractivity contribution in [3.8, 4) is 11.3 Å². The van der Waals surface area contributed by atoms with Crippen LogP contribution in [0.5, 0.6) is 0 Å². The Morgan fingerprint density at radius 3 is 2.33 bits per heavy atom. The van der Waals surface area contributed by atoms with Crippen molar-refractivity contribution in [2.24, 2.45) is 5.92 Å². The number of piperidine rings is 1. The molecule has 2 heterocycles. The number of hydrogen-bond donors (Lipinski definition) is 0. The van der Waals surface area contributed by atoms with Crippen LogP contribution in [-0.2, 0) is 11.3 Å². The van der Waals surface area contributed by atoms with Crippen LogP contribution < -0.4 is 4.90 Å². The molecule has 0 bridgehead atoms. The number of benzene rings is 2. The smallest absolute Gasteiger partial charge is 0.225 e. The fourth-order valence-corrected chi connectivity index (χ4v) is 4.00. The van der Waals surface area contributed by atoms with Crippen molar-refractivity contribution in [2.75, 3.05) is 25.0 Å². The topological polar surface area (TPSA) is 49.3 Å². The van der Waals surface area contributed by atoms with E-state index in [1.54, 1.807) is 0 Å². The van der Waals surface area contributed by atoms with Crippen LogP contribution >= 0.6 is 11.6 Å². The molecule has 0 radical (unpaired) electrons. The van der Waals surface area contributed by atoms with Gasteiger partial charge in [0.05, 0.1) is 5.69 Å². The molecule has 2 aromatic carbocycles. The van der Waals surface area contributed by atoms with Crippen molar-refractivity contribution in [3.63, 3.8) is 0 Å². The lowest BCUT2D eigenvalue weighted by molar-refractivity contribution is -0.135. The Labute approximate surface area is 182 Å². The number of amides is 1. The molecule has 5 nitrogen and oxygen atoms in total. The fraction of sp³-hybridized carbons (Fsp3) is 0.292. The number of halogens is 1. The molecule has 154 valence electrons. The van der Waals surface area contributed by atoms with Gasteiger partial charge in [0, 0.05) is 43.2 Å². The van der Waals surface area contributed by atoms with Crippen LogP contribution in [-0.4, -0.2) is 41.1 Å². The molecular weight excluding hydrogens is 396 g/mol. The zero-order valence-electron chi connectivity index (χ0n) is 17.0. The minimum Gasteiger partial charge on any atom is -0.355 e. The van der Waals surface area contributed by atoms with Crippen molar-refractivity contribution >= 4 is 23.3 Å². The average Bonchev–Trinajstić information content (AvgIpc) is 2.80. The molecule has 4 rings (SSSR count). The molecule has 1 aliphatic heterocycles. The summed E-state index contributed by atoms with van der Waals surface area (Å²) in [4.78, 5) is 16.9. The summed E-state index contributed by atoms with van der Waals surface area (Å²) in [5.41, 5.74) is 2.97. The van der Waals surface area contributed by atoms with E-state index in [0.717, 1.165) is 48.6 Å². The third kappa shape index (κ3) is 4.79. The molecule has 1 fully saturated rings. The zero-order valence-corrected chi connectivity index (χ0v) is 17.8. The molecule has 0 aliphatic carbocycles. The molecule has 1 aromatic heterocycles. The quantitative estimate of drug-likeness (QED) is 0.601. The van der Waals surface area contributed by atoms with E-state index in [4.69, 9.17) is 11.6 Å². The molecule has 6 heteroatoms. The number of carbonyl (C=O) groups is 1. The second-order valence-corrected chi connectivity index (χ2v) is 8.16. The van der Waals surface area contributed by atoms with E-state index in [-0.39, 0.29) is 11.8 Å². The van der Waals surface area contributed by atoms with Crippen LogP contribution in [0, 0.1) is 5.92 Å². The molecule has 1 amide bonds. The maximum absolute atomic E-state index is 12.8. The van der Waals surface area contributed by atoms with Crippen molar-refractivity contribution < 1.29 is 4.79 Å². The van der Waals surface area contributed by atoms with Crippen molar-refractivity contribution in [1.29, 1.82) is 0 Å². The monoisotopic (exact) mass is 420 g/mol. The average molecular weight is 421 g/mol. The highest BCUT2D eigenvalue weighted by molar-refractivity contribution is 6.30. The third-order valence-corrected chi connectivity index (χ3v) is 5.85. The van der Waals surface area contributed by atoms with E-state index in [2.05, 4.69) is 27.2 Å². The van der Waals surface area contributed by atoms with E-state index in [1.807, 2.05) is 66.5 Å². The fourth-order valence-electron chi connectivity index (χ4n) is 3.87. The van der Waals surface area contributed by atoms with Crippen molar-refractivity contribution in [3.05, 3.63) is 77.3 Å². The number of nitrogens with zero attached hydrogens (tertiary/aromatic N) is 4. The Bertz CT molecular complexity index is 968. The lowest BCUT2D eigenvalue weighted by Crippen LogP contribution is -2.41. The van der Waals surface area contributed by atoms with Gasteiger partial charge in [0.25, 0.3) is 0 Å². The van der Waals surface area contributed by atoms with E-state index in [0.29, 0.717) is 11.6 Å². The summed E-state index contributed by atoms with van der Waals surface area (Å²) in [5.74, 6) is 1.15. The van der Waals surface area contributed by atoms with Crippen molar-refractivity contribution in [2.45, 2.75) is 19.4 Å². The summed E-state index contributed by atoms with van der Waals surface area (Å²) in [7, 11) is 1.89. The number of hydrogen-bond acceptors (Lipinski definition) is 4. The second-order valence-electron chi connectivity index (χ2n) is 7.72. The second kappa shape index (κ2) is 9.26. The minimum atomic E-state index is 0.0660. The zero-order chi connectivity index (χ0) is 20.9. The first kappa shape index (κ1) is 20.4. The third-order valence-electron chi connectivity index (χ3n) is 5.60. The van der Waals surface area contributed by atoms with Crippen LogP contribution in [0.15, 0.2) is 66.7 Å². The maximum atomic E-state index is 12.8. The first-order valence-corrected chi connectivity index (χ1v) is 10.6. The van der Waals surface area contributed by atoms with Gasteiger partial charge < -0.3 is 9.80 Å². The van der Waals surface area contributed by atoms with Crippen LogP contribution in [0.2, 0.25) is 5.02 Å². The van der Waals surface area contributed by atoms with Gasteiger partial charge in [-0.25, -0.2) is 0 Å². The molecule has 1 saturated heterocycles. The Hall–Kier alpha value is -2.92. The normalized spacial score (nSPS) is 14.5. The minimum absolute atomic E-state index is 0.0660. The molecule has 0 atom stereocenters. The molecule has 0 saturated carbocycles. The molecule has 0 N–H and O–H groups in total. The molecule has 1 aliphatic rings. The number of anilines is 1. The lowest BCUT2D eigenvalue weighted by atomic mass is 9.95. The largest absolute Gasteiger partial charge is 0.355 e. The van der Waals surface area contributed by atoms with Gasteiger partial charge in [-0.1, -0.05) is 54.1 Å². The Balaban J connectivity index is 1.32. The van der Waals surface area contributed by atoms with E-state index < -0.39 is 0 Å². The highest BCUT2D eigenvalue weighted by atomic mass is 35.5. The summed E-state index contributed by atoms with van der Waals surface area (Å²) in [6.07, 6.45) is 1.66.